The summed E-state index contributed by atoms with van der Waals surface area (Å²) in [4.78, 5) is 30.4. The average molecular weight is 506 g/mol. The molecule has 11 heteroatoms. The molecule has 0 aliphatic carbocycles. The highest BCUT2D eigenvalue weighted by molar-refractivity contribution is 6.77. The Balaban J connectivity index is 1.89. The summed E-state index contributed by atoms with van der Waals surface area (Å²) in [6, 6.07) is 0. The van der Waals surface area contributed by atoms with E-state index in [4.69, 9.17) is 9.16 Å². The van der Waals surface area contributed by atoms with Crippen LogP contribution in [0.15, 0.2) is 16.1 Å². The fraction of sp³-hybridized carbons (Fsp3) is 0.750. The summed E-state index contributed by atoms with van der Waals surface area (Å²) in [7, 11) is 5.48. The second kappa shape index (κ2) is 10.9. The van der Waals surface area contributed by atoms with Gasteiger partial charge in [0.05, 0.1) is 25.4 Å². The van der Waals surface area contributed by atoms with Crippen molar-refractivity contribution < 1.29 is 9.16 Å². The molecule has 2 aromatic rings. The summed E-state index contributed by atoms with van der Waals surface area (Å²) in [5, 5.41) is 0. The molecule has 2 unspecified atom stereocenters. The third-order valence-corrected chi connectivity index (χ3v) is 13.1. The minimum Gasteiger partial charge on any atom is -0.413 e. The number of nitrogens with zero attached hydrogens (tertiary/aromatic N) is 7. The van der Waals surface area contributed by atoms with Crippen LogP contribution in [-0.4, -0.2) is 90.5 Å². The van der Waals surface area contributed by atoms with Gasteiger partial charge in [-0.05, 0) is 23.7 Å². The van der Waals surface area contributed by atoms with Gasteiger partial charge in [-0.2, -0.15) is 4.98 Å². The second-order valence-corrected chi connectivity index (χ2v) is 16.3. The lowest BCUT2D eigenvalue weighted by molar-refractivity contribution is -0.126. The number of fused-ring (bicyclic) bond motifs is 1. The molecule has 2 aromatic heterocycles. The number of hydrogen-bond donors (Lipinski definition) is 0. The molecule has 10 nitrogen and oxygen atoms in total. The zero-order chi connectivity index (χ0) is 26.1. The van der Waals surface area contributed by atoms with Crippen LogP contribution >= 0.6 is 0 Å². The fourth-order valence-electron chi connectivity index (χ4n) is 5.51. The van der Waals surface area contributed by atoms with Crippen LogP contribution in [0.1, 0.15) is 47.8 Å². The van der Waals surface area contributed by atoms with E-state index in [1.807, 2.05) is 18.7 Å². The number of hydrogen-bond acceptors (Lipinski definition) is 7. The van der Waals surface area contributed by atoms with Crippen LogP contribution < -0.4 is 5.56 Å². The minimum atomic E-state index is -2.00. The number of likely N-dealkylation sites (N-methyl/N-ethyl adjacent to an activating group) is 1. The number of morpholine rings is 1. The zero-order valence-corrected chi connectivity index (χ0v) is 24.0. The van der Waals surface area contributed by atoms with Crippen molar-refractivity contribution in [3.63, 3.8) is 0 Å². The third kappa shape index (κ3) is 5.52. The summed E-state index contributed by atoms with van der Waals surface area (Å²) in [5.41, 5.74) is 2.10. The SMILES string of the molecule is CC(C)[Si](OCC1CN(C)CC(n2cnc3c(=O)n(C)c(/N=C/N(C)C)nc32)O1)(C(C)C)C(C)C. The largest absolute Gasteiger partial charge is 0.413 e. The van der Waals surface area contributed by atoms with Crippen LogP contribution in [0.5, 0.6) is 0 Å². The fourth-order valence-corrected chi connectivity index (χ4v) is 11.0. The first kappa shape index (κ1) is 27.5. The molecule has 1 aliphatic rings. The Bertz CT molecular complexity index is 1070. The Kier molecular flexibility index (Phi) is 8.56. The molecule has 196 valence electrons. The molecule has 1 aliphatic heterocycles. The quantitative estimate of drug-likeness (QED) is 0.293. The van der Waals surface area contributed by atoms with E-state index in [2.05, 4.69) is 68.5 Å². The second-order valence-electron chi connectivity index (χ2n) is 10.9. The molecule has 0 N–H and O–H groups in total. The van der Waals surface area contributed by atoms with Gasteiger partial charge in [-0.1, -0.05) is 41.5 Å². The normalized spacial score (nSPS) is 20.3. The van der Waals surface area contributed by atoms with E-state index < -0.39 is 8.32 Å². The van der Waals surface area contributed by atoms with Crippen molar-refractivity contribution in [2.45, 2.75) is 70.5 Å². The molecular formula is C24H43N7O3Si. The van der Waals surface area contributed by atoms with Gasteiger partial charge in [-0.3, -0.25) is 18.8 Å². The van der Waals surface area contributed by atoms with Gasteiger partial charge in [0.1, 0.15) is 6.23 Å². The molecule has 0 amide bonds. The molecule has 35 heavy (non-hydrogen) atoms. The van der Waals surface area contributed by atoms with E-state index in [0.717, 1.165) is 6.54 Å². The van der Waals surface area contributed by atoms with Gasteiger partial charge in [-0.15, -0.1) is 0 Å². The summed E-state index contributed by atoms with van der Waals surface area (Å²) in [5.74, 6) is 0.323. The first-order valence-electron chi connectivity index (χ1n) is 12.5. The first-order chi connectivity index (χ1) is 16.4. The summed E-state index contributed by atoms with van der Waals surface area (Å²) in [6.07, 6.45) is 2.86. The molecule has 0 aromatic carbocycles. The lowest BCUT2D eigenvalue weighted by Gasteiger charge is -2.44. The van der Waals surface area contributed by atoms with Crippen molar-refractivity contribution in [3.8, 4) is 0 Å². The van der Waals surface area contributed by atoms with Gasteiger partial charge in [0, 0.05) is 34.2 Å². The van der Waals surface area contributed by atoms with Gasteiger partial charge >= 0.3 is 0 Å². The van der Waals surface area contributed by atoms with E-state index in [-0.39, 0.29) is 17.9 Å². The Morgan fingerprint density at radius 1 is 1.17 bits per heavy atom. The van der Waals surface area contributed by atoms with Gasteiger partial charge < -0.3 is 14.1 Å². The Hall–Kier alpha value is -2.08. The van der Waals surface area contributed by atoms with Gasteiger partial charge in [0.2, 0.25) is 5.95 Å². The van der Waals surface area contributed by atoms with Crippen molar-refractivity contribution in [2.75, 3.05) is 40.8 Å². The first-order valence-corrected chi connectivity index (χ1v) is 14.6. The third-order valence-electron chi connectivity index (χ3n) is 7.05. The van der Waals surface area contributed by atoms with Crippen molar-refractivity contribution >= 4 is 31.8 Å². The van der Waals surface area contributed by atoms with E-state index in [0.29, 0.717) is 46.9 Å². The number of aliphatic imine (C=N–C) groups is 1. The highest BCUT2D eigenvalue weighted by Crippen LogP contribution is 2.42. The van der Waals surface area contributed by atoms with Crippen LogP contribution in [0.2, 0.25) is 16.6 Å². The van der Waals surface area contributed by atoms with Gasteiger partial charge in [0.15, 0.2) is 19.5 Å². The molecule has 3 heterocycles. The monoisotopic (exact) mass is 505 g/mol. The number of imidazole rings is 1. The average Bonchev–Trinajstić information content (AvgIpc) is 3.18. The molecule has 0 spiro atoms. The highest BCUT2D eigenvalue weighted by atomic mass is 28.4. The molecule has 0 saturated carbocycles. The zero-order valence-electron chi connectivity index (χ0n) is 23.0. The standard InChI is InChI=1S/C24H43N7O3Si/c1-16(2)35(17(3)4,18(5)6)33-13-19-11-29(9)12-20(34-19)31-15-25-21-22(31)27-24(26-14-28(7)8)30(10)23(21)32/h14-20H,11-13H2,1-10H3/b26-14+. The molecule has 0 bridgehead atoms. The molecule has 1 saturated heterocycles. The maximum absolute atomic E-state index is 12.9. The van der Waals surface area contributed by atoms with Crippen molar-refractivity contribution in [2.24, 2.45) is 12.0 Å². The Morgan fingerprint density at radius 3 is 2.37 bits per heavy atom. The predicted molar refractivity (Wildman–Crippen MR) is 143 cm³/mol. The molecule has 1 fully saturated rings. The smallest absolute Gasteiger partial charge is 0.282 e. The number of rotatable bonds is 9. The van der Waals surface area contributed by atoms with Crippen LogP contribution in [0.3, 0.4) is 0 Å². The van der Waals surface area contributed by atoms with E-state index in [9.17, 15) is 4.79 Å². The Labute approximate surface area is 210 Å². The summed E-state index contributed by atoms with van der Waals surface area (Å²) >= 11 is 0. The van der Waals surface area contributed by atoms with Crippen molar-refractivity contribution in [3.05, 3.63) is 16.7 Å². The van der Waals surface area contributed by atoms with Crippen LogP contribution in [0.25, 0.3) is 11.2 Å². The lowest BCUT2D eigenvalue weighted by Crippen LogP contribution is -2.52. The van der Waals surface area contributed by atoms with Crippen molar-refractivity contribution in [1.29, 1.82) is 0 Å². The summed E-state index contributed by atoms with van der Waals surface area (Å²) in [6.45, 7) is 15.8. The Morgan fingerprint density at radius 2 is 1.80 bits per heavy atom. The van der Waals surface area contributed by atoms with Crippen molar-refractivity contribution in [1.82, 2.24) is 28.9 Å². The number of aromatic nitrogens is 4. The molecular weight excluding hydrogens is 462 g/mol. The van der Waals surface area contributed by atoms with Gasteiger partial charge in [0.25, 0.3) is 5.56 Å². The lowest BCUT2D eigenvalue weighted by atomic mass is 10.3. The van der Waals surface area contributed by atoms with Crippen LogP contribution in [0.4, 0.5) is 5.95 Å². The summed E-state index contributed by atoms with van der Waals surface area (Å²) < 4.78 is 16.6. The molecule has 3 rings (SSSR count). The number of ether oxygens (including phenoxy) is 1. The van der Waals surface area contributed by atoms with Crippen LogP contribution in [-0.2, 0) is 16.2 Å². The maximum Gasteiger partial charge on any atom is 0.282 e. The van der Waals surface area contributed by atoms with Gasteiger partial charge in [-0.25, -0.2) is 9.98 Å². The maximum atomic E-state index is 12.9. The van der Waals surface area contributed by atoms with E-state index in [1.165, 1.54) is 4.57 Å². The minimum absolute atomic E-state index is 0.0860. The van der Waals surface area contributed by atoms with Crippen LogP contribution in [0, 0.1) is 0 Å². The molecule has 2 atom stereocenters. The highest BCUT2D eigenvalue weighted by Gasteiger charge is 2.45. The topological polar surface area (TPSA) is 90.0 Å². The molecule has 0 radical (unpaired) electrons. The van der Waals surface area contributed by atoms with E-state index in [1.54, 1.807) is 24.6 Å². The predicted octanol–water partition coefficient (Wildman–Crippen LogP) is 3.37. The van der Waals surface area contributed by atoms with E-state index >= 15 is 0 Å².